The molecule has 0 saturated heterocycles. The smallest absolute Gasteiger partial charge is 0.162 e. The van der Waals surface area contributed by atoms with Gasteiger partial charge in [0.25, 0.3) is 0 Å². The van der Waals surface area contributed by atoms with Gasteiger partial charge in [-0.1, -0.05) is 141 Å². The average molecular weight is 585 g/mol. The molecule has 3 nitrogen and oxygen atoms in total. The Hall–Kier alpha value is -3.01. The van der Waals surface area contributed by atoms with Crippen molar-refractivity contribution < 1.29 is 15.0 Å². The summed E-state index contributed by atoms with van der Waals surface area (Å²) in [6, 6.07) is 0. The van der Waals surface area contributed by atoms with E-state index in [1.165, 1.54) is 16.7 Å². The van der Waals surface area contributed by atoms with E-state index in [1.54, 1.807) is 6.08 Å². The monoisotopic (exact) mass is 584 g/mol. The van der Waals surface area contributed by atoms with E-state index < -0.39 is 11.5 Å². The molecule has 2 rings (SSSR count). The molecule has 0 amide bonds. The van der Waals surface area contributed by atoms with E-state index in [9.17, 15) is 15.0 Å². The second-order valence-electron chi connectivity index (χ2n) is 14.2. The van der Waals surface area contributed by atoms with Crippen LogP contribution in [0.3, 0.4) is 0 Å². The second-order valence-corrected chi connectivity index (χ2v) is 14.2. The largest absolute Gasteiger partial charge is 0.393 e. The van der Waals surface area contributed by atoms with Crippen molar-refractivity contribution in [3.05, 3.63) is 119 Å². The number of hydrogen-bond donors (Lipinski definition) is 2. The molecule has 0 unspecified atom stereocenters. The highest BCUT2D eigenvalue weighted by molar-refractivity contribution is 5.95. The first-order chi connectivity index (χ1) is 20.0. The van der Waals surface area contributed by atoms with Crippen LogP contribution in [0.25, 0.3) is 0 Å². The number of carbonyl (C=O) groups is 1. The number of aliphatic hydroxyl groups excluding tert-OH is 2. The maximum atomic E-state index is 12.9. The molecule has 1 fully saturated rings. The number of ketones is 1. The third kappa shape index (κ3) is 10.9. The Morgan fingerprint density at radius 1 is 0.651 bits per heavy atom. The average Bonchev–Trinajstić information content (AvgIpc) is 3.10. The number of rotatable bonds is 11. The predicted molar refractivity (Wildman–Crippen MR) is 185 cm³/mol. The molecule has 1 saturated carbocycles. The van der Waals surface area contributed by atoms with Gasteiger partial charge in [-0.25, -0.2) is 0 Å². The van der Waals surface area contributed by atoms with Crippen molar-refractivity contribution in [2.45, 2.75) is 107 Å². The maximum Gasteiger partial charge on any atom is 0.162 e. The Kier molecular flexibility index (Phi) is 13.2. The molecule has 2 N–H and O–H groups in total. The van der Waals surface area contributed by atoms with Gasteiger partial charge in [-0.05, 0) is 82.8 Å². The molecule has 2 aliphatic rings. The molecular weight excluding hydrogens is 528 g/mol. The summed E-state index contributed by atoms with van der Waals surface area (Å²) < 4.78 is 0. The molecule has 0 aromatic rings. The van der Waals surface area contributed by atoms with Crippen molar-refractivity contribution in [2.24, 2.45) is 16.2 Å². The Bertz CT molecular complexity index is 1310. The molecule has 3 heteroatoms. The lowest BCUT2D eigenvalue weighted by molar-refractivity contribution is -0.127. The fourth-order valence-corrected chi connectivity index (χ4v) is 6.19. The number of aliphatic hydroxyl groups is 2. The minimum atomic E-state index is -0.532. The molecule has 0 aromatic carbocycles. The van der Waals surface area contributed by atoms with Crippen LogP contribution in [0, 0.1) is 16.2 Å². The third-order valence-electron chi connectivity index (χ3n) is 9.18. The quantitative estimate of drug-likeness (QED) is 0.188. The van der Waals surface area contributed by atoms with Gasteiger partial charge in [-0.3, -0.25) is 4.79 Å². The summed E-state index contributed by atoms with van der Waals surface area (Å²) in [7, 11) is 0. The van der Waals surface area contributed by atoms with Crippen molar-refractivity contribution in [3.8, 4) is 0 Å². The van der Waals surface area contributed by atoms with Crippen molar-refractivity contribution in [3.63, 3.8) is 0 Å². The molecule has 0 aliphatic heterocycles. The van der Waals surface area contributed by atoms with Gasteiger partial charge in [0, 0.05) is 5.41 Å². The fraction of sp³-hybridized carbons (Fsp3) is 0.475. The molecule has 0 spiro atoms. The topological polar surface area (TPSA) is 57.5 Å². The highest BCUT2D eigenvalue weighted by Crippen LogP contribution is 2.53. The number of carbonyl (C=O) groups excluding carboxylic acids is 1. The molecule has 234 valence electrons. The van der Waals surface area contributed by atoms with Gasteiger partial charge in [-0.2, -0.15) is 0 Å². The van der Waals surface area contributed by atoms with Crippen molar-refractivity contribution in [1.82, 2.24) is 0 Å². The number of allylic oxidation sites excluding steroid dienone is 19. The van der Waals surface area contributed by atoms with Crippen LogP contribution < -0.4 is 0 Å². The lowest BCUT2D eigenvalue weighted by atomic mass is 9.66. The van der Waals surface area contributed by atoms with E-state index in [1.807, 2.05) is 50.3 Å². The van der Waals surface area contributed by atoms with Crippen molar-refractivity contribution >= 4 is 5.78 Å². The van der Waals surface area contributed by atoms with Gasteiger partial charge >= 0.3 is 0 Å². The fourth-order valence-electron chi connectivity index (χ4n) is 6.19. The minimum absolute atomic E-state index is 0.00528. The Morgan fingerprint density at radius 2 is 1.14 bits per heavy atom. The van der Waals surface area contributed by atoms with Gasteiger partial charge < -0.3 is 10.2 Å². The molecule has 0 radical (unpaired) electrons. The lowest BCUT2D eigenvalue weighted by Gasteiger charge is -2.35. The standard InChI is InChI=1S/C40H56O3/c1-29(17-13-19-31(3)21-23-36-33(5)25-34(41)26-38(36,6)7)15-11-12-16-30(2)18-14-20-32(4)22-24-37(43)40(10)28-35(42)27-39(40,8)9/h11-24,34-35,41-42H,25-28H2,1-10H3/b12-11+,17-13+,18-14?,23-21+,24-22?,29-15+,30-16?,31-19+,32-20?/t34-,35+,40+/m1/s1. The summed E-state index contributed by atoms with van der Waals surface area (Å²) in [6.45, 7) is 20.9. The van der Waals surface area contributed by atoms with E-state index >= 15 is 0 Å². The summed E-state index contributed by atoms with van der Waals surface area (Å²) >= 11 is 0. The van der Waals surface area contributed by atoms with E-state index in [2.05, 4.69) is 97.9 Å². The maximum absolute atomic E-state index is 12.9. The third-order valence-corrected chi connectivity index (χ3v) is 9.18. The summed E-state index contributed by atoms with van der Waals surface area (Å²) in [5, 5.41) is 20.2. The van der Waals surface area contributed by atoms with Crippen LogP contribution in [0.2, 0.25) is 0 Å². The van der Waals surface area contributed by atoms with Crippen LogP contribution in [0.1, 0.15) is 94.9 Å². The SMILES string of the molecule is CC(C=CC(=O)[C@]1(C)C[C@@H](O)CC1(C)C)=CC=CC(C)=C/C=C/C=C(C)/C=C/C=C(C)/C=C/C1=C(C)C[C@@H](O)CC1(C)C. The minimum Gasteiger partial charge on any atom is -0.393 e. The van der Waals surface area contributed by atoms with Crippen LogP contribution >= 0.6 is 0 Å². The second kappa shape index (κ2) is 15.6. The molecule has 2 aliphatic carbocycles. The molecular formula is C40H56O3. The van der Waals surface area contributed by atoms with Crippen LogP contribution in [0.5, 0.6) is 0 Å². The Morgan fingerprint density at radius 3 is 1.63 bits per heavy atom. The number of hydrogen-bond acceptors (Lipinski definition) is 3. The molecule has 0 heterocycles. The van der Waals surface area contributed by atoms with Crippen molar-refractivity contribution in [2.75, 3.05) is 0 Å². The van der Waals surface area contributed by atoms with E-state index in [4.69, 9.17) is 0 Å². The van der Waals surface area contributed by atoms with Crippen LogP contribution in [-0.2, 0) is 4.79 Å². The lowest BCUT2D eigenvalue weighted by Crippen LogP contribution is -2.36. The summed E-state index contributed by atoms with van der Waals surface area (Å²) in [4.78, 5) is 12.9. The van der Waals surface area contributed by atoms with Gasteiger partial charge in [0.05, 0.1) is 12.2 Å². The van der Waals surface area contributed by atoms with Crippen molar-refractivity contribution in [1.29, 1.82) is 0 Å². The summed E-state index contributed by atoms with van der Waals surface area (Å²) in [5.41, 5.74) is 6.34. The molecule has 0 bridgehead atoms. The van der Waals surface area contributed by atoms with E-state index in [0.29, 0.717) is 12.8 Å². The first kappa shape index (κ1) is 36.2. The summed E-state index contributed by atoms with van der Waals surface area (Å²) in [5.74, 6) is 0.0853. The molecule has 3 atom stereocenters. The Labute approximate surface area is 262 Å². The van der Waals surface area contributed by atoms with Crippen LogP contribution in [0.4, 0.5) is 0 Å². The zero-order valence-corrected chi connectivity index (χ0v) is 28.4. The summed E-state index contributed by atoms with van der Waals surface area (Å²) in [6.07, 6.45) is 30.6. The normalized spacial score (nSPS) is 27.7. The van der Waals surface area contributed by atoms with Gasteiger partial charge in [0.15, 0.2) is 5.78 Å². The predicted octanol–water partition coefficient (Wildman–Crippen LogP) is 9.81. The molecule has 43 heavy (non-hydrogen) atoms. The highest BCUT2D eigenvalue weighted by Gasteiger charge is 2.52. The molecule has 0 aromatic heterocycles. The van der Waals surface area contributed by atoms with Gasteiger partial charge in [-0.15, -0.1) is 0 Å². The van der Waals surface area contributed by atoms with Gasteiger partial charge in [0.1, 0.15) is 0 Å². The van der Waals surface area contributed by atoms with Gasteiger partial charge in [0.2, 0.25) is 0 Å². The van der Waals surface area contributed by atoms with Crippen LogP contribution in [-0.4, -0.2) is 28.2 Å². The highest BCUT2D eigenvalue weighted by atomic mass is 16.3. The first-order valence-electron chi connectivity index (χ1n) is 15.7. The van der Waals surface area contributed by atoms with Crippen LogP contribution in [0.15, 0.2) is 119 Å². The first-order valence-corrected chi connectivity index (χ1v) is 15.7. The Balaban J connectivity index is 1.89. The zero-order chi connectivity index (χ0) is 32.4. The van der Waals surface area contributed by atoms with E-state index in [0.717, 1.165) is 29.6 Å². The zero-order valence-electron chi connectivity index (χ0n) is 28.4. The van der Waals surface area contributed by atoms with E-state index in [-0.39, 0.29) is 22.7 Å².